The lowest BCUT2D eigenvalue weighted by Crippen LogP contribution is -2.24. The number of halogens is 2. The molecule has 0 unspecified atom stereocenters. The molecule has 2 aromatic heterocycles. The van der Waals surface area contributed by atoms with E-state index in [1.807, 2.05) is 53.3 Å². The van der Waals surface area contributed by atoms with Gasteiger partial charge in [0.15, 0.2) is 11.5 Å². The minimum absolute atomic E-state index is 0.101. The zero-order valence-electron chi connectivity index (χ0n) is 17.2. The first-order valence-corrected chi connectivity index (χ1v) is 10.5. The van der Waals surface area contributed by atoms with E-state index in [1.165, 1.54) is 5.56 Å². The molecule has 8 heteroatoms. The number of aliphatic imine (C=N–C) groups is 1. The molecule has 32 heavy (non-hydrogen) atoms. The maximum absolute atomic E-state index is 13.5. The number of imidazole rings is 1. The second-order valence-corrected chi connectivity index (χ2v) is 8.22. The molecular weight excluding hydrogens is 410 g/mol. The van der Waals surface area contributed by atoms with Gasteiger partial charge in [0.25, 0.3) is 5.92 Å². The fraction of sp³-hybridized carbons (Fsp3) is 0.208. The van der Waals surface area contributed by atoms with Crippen LogP contribution in [0.5, 0.6) is 0 Å². The van der Waals surface area contributed by atoms with Gasteiger partial charge in [-0.3, -0.25) is 4.99 Å². The Morgan fingerprint density at radius 3 is 2.75 bits per heavy atom. The summed E-state index contributed by atoms with van der Waals surface area (Å²) in [6.07, 6.45) is 7.38. The van der Waals surface area contributed by atoms with Gasteiger partial charge in [0.2, 0.25) is 0 Å². The minimum Gasteiger partial charge on any atom is -0.365 e. The maximum Gasteiger partial charge on any atom is 0.266 e. The Morgan fingerprint density at radius 2 is 1.94 bits per heavy atom. The lowest BCUT2D eigenvalue weighted by molar-refractivity contribution is 0.0257. The largest absolute Gasteiger partial charge is 0.365 e. The van der Waals surface area contributed by atoms with Crippen molar-refractivity contribution < 1.29 is 8.78 Å². The van der Waals surface area contributed by atoms with E-state index in [1.54, 1.807) is 11.1 Å². The molecule has 6 rings (SSSR count). The molecule has 0 amide bonds. The first-order valence-electron chi connectivity index (χ1n) is 10.5. The Balaban J connectivity index is 1.30. The Morgan fingerprint density at radius 1 is 1.06 bits per heavy atom. The monoisotopic (exact) mass is 430 g/mol. The van der Waals surface area contributed by atoms with Crippen LogP contribution in [0.15, 0.2) is 66.0 Å². The van der Waals surface area contributed by atoms with E-state index in [2.05, 4.69) is 27.4 Å². The Hall–Kier alpha value is -3.81. The molecule has 2 aromatic carbocycles. The zero-order valence-corrected chi connectivity index (χ0v) is 17.2. The molecular formula is C24H20F2N6. The van der Waals surface area contributed by atoms with Crippen molar-refractivity contribution in [2.24, 2.45) is 4.99 Å². The molecule has 2 aliphatic rings. The van der Waals surface area contributed by atoms with Crippen molar-refractivity contribution in [2.75, 3.05) is 23.3 Å². The molecule has 0 aliphatic carbocycles. The molecule has 0 radical (unpaired) electrons. The van der Waals surface area contributed by atoms with Crippen molar-refractivity contribution >= 4 is 29.1 Å². The number of fused-ring (bicyclic) bond motifs is 2. The molecule has 0 saturated carbocycles. The molecule has 2 aliphatic heterocycles. The van der Waals surface area contributed by atoms with Gasteiger partial charge in [-0.2, -0.15) is 0 Å². The highest BCUT2D eigenvalue weighted by molar-refractivity contribution is 5.86. The van der Waals surface area contributed by atoms with Gasteiger partial charge in [-0.15, -0.1) is 0 Å². The summed E-state index contributed by atoms with van der Waals surface area (Å²) in [7, 11) is 0. The number of nitrogens with one attached hydrogen (secondary N) is 1. The number of hydrogen-bond acceptors (Lipinski definition) is 5. The first kappa shape index (κ1) is 18.9. The van der Waals surface area contributed by atoms with E-state index < -0.39 is 5.92 Å². The van der Waals surface area contributed by atoms with Gasteiger partial charge in [-0.05, 0) is 41.5 Å². The lowest BCUT2D eigenvalue weighted by Gasteiger charge is -2.18. The Kier molecular flexibility index (Phi) is 4.21. The van der Waals surface area contributed by atoms with Gasteiger partial charge in [0, 0.05) is 54.7 Å². The normalized spacial score (nSPS) is 16.6. The summed E-state index contributed by atoms with van der Waals surface area (Å²) in [6, 6.07) is 13.7. The molecule has 6 nitrogen and oxygen atoms in total. The van der Waals surface area contributed by atoms with Crippen LogP contribution in [-0.2, 0) is 6.54 Å². The van der Waals surface area contributed by atoms with E-state index in [0.29, 0.717) is 24.6 Å². The average Bonchev–Trinajstić information content (AvgIpc) is 3.52. The lowest BCUT2D eigenvalue weighted by atomic mass is 10.0. The van der Waals surface area contributed by atoms with Crippen LogP contribution < -0.4 is 10.2 Å². The van der Waals surface area contributed by atoms with Crippen molar-refractivity contribution in [2.45, 2.75) is 18.9 Å². The van der Waals surface area contributed by atoms with E-state index in [9.17, 15) is 8.78 Å². The van der Waals surface area contributed by atoms with Crippen molar-refractivity contribution in [3.05, 3.63) is 72.2 Å². The molecule has 1 N–H and O–H groups in total. The summed E-state index contributed by atoms with van der Waals surface area (Å²) in [5.41, 5.74) is 6.49. The first-order chi connectivity index (χ1) is 15.5. The quantitative estimate of drug-likeness (QED) is 0.499. The smallest absolute Gasteiger partial charge is 0.266 e. The fourth-order valence-corrected chi connectivity index (χ4v) is 4.27. The van der Waals surface area contributed by atoms with Crippen molar-refractivity contribution in [3.63, 3.8) is 0 Å². The Bertz CT molecular complexity index is 1340. The fourth-order valence-electron chi connectivity index (χ4n) is 4.27. The standard InChI is InChI=1S/C24H20F2N6/c25-24(26)7-9-32(15-24)20-5-3-19(4-6-20)29-22-23-28-8-10-31(23)14-21(30-22)16-1-2-17-12-27-13-18(17)11-16/h1-6,8,10-12,14H,7,9,13,15H2,(H,29,30). The number of nitrogens with zero attached hydrogens (tertiary/aromatic N) is 5. The highest BCUT2D eigenvalue weighted by atomic mass is 19.3. The Labute approximate surface area is 183 Å². The second-order valence-electron chi connectivity index (χ2n) is 8.22. The molecule has 0 spiro atoms. The van der Waals surface area contributed by atoms with Crippen LogP contribution in [0, 0.1) is 0 Å². The van der Waals surface area contributed by atoms with Crippen molar-refractivity contribution in [1.29, 1.82) is 0 Å². The number of aromatic nitrogens is 3. The average molecular weight is 430 g/mol. The van der Waals surface area contributed by atoms with Crippen LogP contribution in [0.1, 0.15) is 17.5 Å². The highest BCUT2D eigenvalue weighted by Crippen LogP contribution is 2.32. The highest BCUT2D eigenvalue weighted by Gasteiger charge is 2.38. The van der Waals surface area contributed by atoms with E-state index in [4.69, 9.17) is 4.98 Å². The SMILES string of the molecule is FC1(F)CCN(c2ccc(Nc3nc(-c4ccc5c(c4)CN=C5)cn4ccnc34)cc2)C1. The zero-order chi connectivity index (χ0) is 21.7. The molecule has 0 bridgehead atoms. The van der Waals surface area contributed by atoms with Crippen LogP contribution in [0.4, 0.5) is 26.0 Å². The predicted molar refractivity (Wildman–Crippen MR) is 121 cm³/mol. The summed E-state index contributed by atoms with van der Waals surface area (Å²) in [6.45, 7) is 0.824. The number of benzene rings is 2. The third-order valence-electron chi connectivity index (χ3n) is 5.97. The van der Waals surface area contributed by atoms with Gasteiger partial charge in [0.05, 0.1) is 18.8 Å². The number of alkyl halides is 2. The summed E-state index contributed by atoms with van der Waals surface area (Å²) in [4.78, 5) is 15.3. The maximum atomic E-state index is 13.5. The van der Waals surface area contributed by atoms with Gasteiger partial charge < -0.3 is 14.6 Å². The number of rotatable bonds is 4. The molecule has 0 atom stereocenters. The minimum atomic E-state index is -2.61. The van der Waals surface area contributed by atoms with E-state index in [-0.39, 0.29) is 13.0 Å². The van der Waals surface area contributed by atoms with Gasteiger partial charge in [-0.1, -0.05) is 12.1 Å². The predicted octanol–water partition coefficient (Wildman–Crippen LogP) is 4.92. The van der Waals surface area contributed by atoms with Crippen LogP contribution in [0.25, 0.3) is 16.9 Å². The third kappa shape index (κ3) is 3.37. The molecule has 160 valence electrons. The van der Waals surface area contributed by atoms with Crippen LogP contribution in [-0.4, -0.2) is 39.6 Å². The summed E-state index contributed by atoms with van der Waals surface area (Å²) in [5, 5.41) is 3.34. The molecule has 4 aromatic rings. The summed E-state index contributed by atoms with van der Waals surface area (Å²) >= 11 is 0. The summed E-state index contributed by atoms with van der Waals surface area (Å²) < 4.78 is 29.0. The van der Waals surface area contributed by atoms with Crippen molar-refractivity contribution in [3.8, 4) is 11.3 Å². The van der Waals surface area contributed by atoms with E-state index in [0.717, 1.165) is 28.2 Å². The van der Waals surface area contributed by atoms with Gasteiger partial charge in [0.1, 0.15) is 0 Å². The second kappa shape index (κ2) is 7.12. The number of anilines is 3. The number of hydrogen-bond donors (Lipinski definition) is 1. The van der Waals surface area contributed by atoms with Crippen LogP contribution >= 0.6 is 0 Å². The third-order valence-corrected chi connectivity index (χ3v) is 5.97. The van der Waals surface area contributed by atoms with Crippen LogP contribution in [0.3, 0.4) is 0 Å². The van der Waals surface area contributed by atoms with Gasteiger partial charge in [-0.25, -0.2) is 18.7 Å². The van der Waals surface area contributed by atoms with Crippen molar-refractivity contribution in [1.82, 2.24) is 14.4 Å². The van der Waals surface area contributed by atoms with Crippen LogP contribution in [0.2, 0.25) is 0 Å². The topological polar surface area (TPSA) is 57.8 Å². The molecule has 1 saturated heterocycles. The van der Waals surface area contributed by atoms with E-state index >= 15 is 0 Å². The summed E-state index contributed by atoms with van der Waals surface area (Å²) in [5.74, 6) is -1.98. The molecule has 4 heterocycles. The van der Waals surface area contributed by atoms with Gasteiger partial charge >= 0.3 is 0 Å². The molecule has 1 fully saturated rings.